The second kappa shape index (κ2) is 5.29. The Bertz CT molecular complexity index is 522. The first-order valence-corrected chi connectivity index (χ1v) is 6.42. The molecule has 5 heteroatoms. The molecule has 0 bridgehead atoms. The van der Waals surface area contributed by atoms with Crippen LogP contribution in [0.1, 0.15) is 26.6 Å². The number of rotatable bonds is 4. The molecule has 17 heavy (non-hydrogen) atoms. The van der Waals surface area contributed by atoms with Crippen LogP contribution in [0.15, 0.2) is 29.6 Å². The zero-order valence-corrected chi connectivity index (χ0v) is 10.5. The minimum absolute atomic E-state index is 0.300. The minimum atomic E-state index is -0.907. The first kappa shape index (κ1) is 12.1. The van der Waals surface area contributed by atoms with Gasteiger partial charge in [-0.1, -0.05) is 12.1 Å². The molecule has 0 radical (unpaired) electrons. The van der Waals surface area contributed by atoms with Crippen LogP contribution < -0.4 is 0 Å². The second-order valence-electron chi connectivity index (χ2n) is 3.55. The fraction of sp³-hybridized carbons (Fsp3) is 0.167. The molecule has 1 aromatic heterocycles. The van der Waals surface area contributed by atoms with E-state index < -0.39 is 5.97 Å². The van der Waals surface area contributed by atoms with Gasteiger partial charge in [0.15, 0.2) is 0 Å². The van der Waals surface area contributed by atoms with Crippen LogP contribution >= 0.6 is 22.9 Å². The van der Waals surface area contributed by atoms with E-state index in [1.807, 2.05) is 17.5 Å². The van der Waals surface area contributed by atoms with Crippen molar-refractivity contribution in [3.8, 4) is 0 Å². The Labute approximate surface area is 108 Å². The SMILES string of the molecule is O=C(O)c1ccc(Cc2nc(CCl)cs2)cc1. The largest absolute Gasteiger partial charge is 0.478 e. The predicted molar refractivity (Wildman–Crippen MR) is 67.9 cm³/mol. The lowest BCUT2D eigenvalue weighted by Crippen LogP contribution is -1.96. The van der Waals surface area contributed by atoms with Gasteiger partial charge in [0.1, 0.15) is 0 Å². The summed E-state index contributed by atoms with van der Waals surface area (Å²) in [6, 6.07) is 6.83. The normalized spacial score (nSPS) is 10.4. The van der Waals surface area contributed by atoms with E-state index in [1.165, 1.54) is 0 Å². The van der Waals surface area contributed by atoms with Crippen LogP contribution in [0.2, 0.25) is 0 Å². The monoisotopic (exact) mass is 267 g/mol. The maximum Gasteiger partial charge on any atom is 0.335 e. The second-order valence-corrected chi connectivity index (χ2v) is 4.75. The molecule has 0 amide bonds. The molecule has 0 saturated carbocycles. The van der Waals surface area contributed by atoms with Crippen molar-refractivity contribution in [2.75, 3.05) is 0 Å². The maximum atomic E-state index is 10.7. The molecule has 0 atom stereocenters. The maximum absolute atomic E-state index is 10.7. The third-order valence-corrected chi connectivity index (χ3v) is 3.46. The first-order chi connectivity index (χ1) is 8.19. The molecule has 0 aliphatic carbocycles. The van der Waals surface area contributed by atoms with Gasteiger partial charge in [0, 0.05) is 11.8 Å². The minimum Gasteiger partial charge on any atom is -0.478 e. The molecule has 0 unspecified atom stereocenters. The average molecular weight is 268 g/mol. The van der Waals surface area contributed by atoms with Crippen molar-refractivity contribution in [1.29, 1.82) is 0 Å². The lowest BCUT2D eigenvalue weighted by molar-refractivity contribution is 0.0697. The Morgan fingerprint density at radius 3 is 2.59 bits per heavy atom. The highest BCUT2D eigenvalue weighted by Crippen LogP contribution is 2.16. The van der Waals surface area contributed by atoms with E-state index in [0.29, 0.717) is 17.9 Å². The molecule has 1 aromatic carbocycles. The van der Waals surface area contributed by atoms with Crippen molar-refractivity contribution in [3.63, 3.8) is 0 Å². The van der Waals surface area contributed by atoms with E-state index in [-0.39, 0.29) is 0 Å². The molecule has 0 spiro atoms. The molecular weight excluding hydrogens is 258 g/mol. The van der Waals surface area contributed by atoms with Crippen LogP contribution in [-0.4, -0.2) is 16.1 Å². The Morgan fingerprint density at radius 2 is 2.06 bits per heavy atom. The lowest BCUT2D eigenvalue weighted by Gasteiger charge is -1.99. The van der Waals surface area contributed by atoms with Crippen LogP contribution in [0.3, 0.4) is 0 Å². The Kier molecular flexibility index (Phi) is 3.76. The predicted octanol–water partition coefficient (Wildman–Crippen LogP) is 3.17. The number of thiazole rings is 1. The molecule has 0 fully saturated rings. The van der Waals surface area contributed by atoms with E-state index in [1.54, 1.807) is 23.5 Å². The summed E-state index contributed by atoms with van der Waals surface area (Å²) < 4.78 is 0. The first-order valence-electron chi connectivity index (χ1n) is 5.00. The van der Waals surface area contributed by atoms with Crippen molar-refractivity contribution in [2.45, 2.75) is 12.3 Å². The molecule has 0 aliphatic rings. The number of aromatic carboxylic acids is 1. The van der Waals surface area contributed by atoms with Crippen molar-refractivity contribution in [2.24, 2.45) is 0 Å². The average Bonchev–Trinajstić information content (AvgIpc) is 2.77. The summed E-state index contributed by atoms with van der Waals surface area (Å²) in [6.45, 7) is 0. The van der Waals surface area contributed by atoms with Crippen molar-refractivity contribution >= 4 is 28.9 Å². The van der Waals surface area contributed by atoms with Gasteiger partial charge < -0.3 is 5.11 Å². The number of alkyl halides is 1. The number of carboxylic acid groups (broad SMARTS) is 1. The molecular formula is C12H10ClNO2S. The summed E-state index contributed by atoms with van der Waals surface area (Å²) in [4.78, 5) is 15.0. The third kappa shape index (κ3) is 3.05. The molecule has 1 heterocycles. The van der Waals surface area contributed by atoms with Gasteiger partial charge in [0.25, 0.3) is 0 Å². The number of hydrogen-bond donors (Lipinski definition) is 1. The number of carbonyl (C=O) groups is 1. The van der Waals surface area contributed by atoms with Crippen LogP contribution in [-0.2, 0) is 12.3 Å². The topological polar surface area (TPSA) is 50.2 Å². The van der Waals surface area contributed by atoms with E-state index in [4.69, 9.17) is 16.7 Å². The summed E-state index contributed by atoms with van der Waals surface area (Å²) in [5.41, 5.74) is 2.23. The van der Waals surface area contributed by atoms with E-state index in [0.717, 1.165) is 16.3 Å². The fourth-order valence-corrected chi connectivity index (χ4v) is 2.49. The molecule has 2 aromatic rings. The van der Waals surface area contributed by atoms with Gasteiger partial charge in [0.05, 0.1) is 22.1 Å². The molecule has 2 rings (SSSR count). The van der Waals surface area contributed by atoms with Gasteiger partial charge in [-0.05, 0) is 17.7 Å². The zero-order chi connectivity index (χ0) is 12.3. The van der Waals surface area contributed by atoms with Gasteiger partial charge in [-0.3, -0.25) is 0 Å². The van der Waals surface area contributed by atoms with Gasteiger partial charge in [-0.2, -0.15) is 0 Å². The van der Waals surface area contributed by atoms with Crippen LogP contribution in [0.4, 0.5) is 0 Å². The van der Waals surface area contributed by atoms with Gasteiger partial charge in [-0.15, -0.1) is 22.9 Å². The van der Waals surface area contributed by atoms with Gasteiger partial charge >= 0.3 is 5.97 Å². The lowest BCUT2D eigenvalue weighted by atomic mass is 10.1. The number of aromatic nitrogens is 1. The zero-order valence-electron chi connectivity index (χ0n) is 8.89. The number of nitrogens with zero attached hydrogens (tertiary/aromatic N) is 1. The van der Waals surface area contributed by atoms with Crippen molar-refractivity contribution in [1.82, 2.24) is 4.98 Å². The summed E-state index contributed by atoms with van der Waals surface area (Å²) in [7, 11) is 0. The fourth-order valence-electron chi connectivity index (χ4n) is 1.43. The number of halogens is 1. The third-order valence-electron chi connectivity index (χ3n) is 2.29. The number of hydrogen-bond acceptors (Lipinski definition) is 3. The molecule has 1 N–H and O–H groups in total. The summed E-state index contributed by atoms with van der Waals surface area (Å²) >= 11 is 7.25. The number of carboxylic acids is 1. The van der Waals surface area contributed by atoms with E-state index in [9.17, 15) is 4.79 Å². The Hall–Kier alpha value is -1.39. The molecule has 0 saturated heterocycles. The van der Waals surface area contributed by atoms with Gasteiger partial charge in [0.2, 0.25) is 0 Å². The summed E-state index contributed by atoms with van der Waals surface area (Å²) in [5, 5.41) is 11.7. The Morgan fingerprint density at radius 1 is 1.35 bits per heavy atom. The number of benzene rings is 1. The summed E-state index contributed by atoms with van der Waals surface area (Å²) in [5.74, 6) is -0.482. The Balaban J connectivity index is 2.10. The quantitative estimate of drug-likeness (QED) is 0.866. The highest BCUT2D eigenvalue weighted by atomic mass is 35.5. The molecule has 0 aliphatic heterocycles. The van der Waals surface area contributed by atoms with E-state index in [2.05, 4.69) is 4.98 Å². The van der Waals surface area contributed by atoms with Crippen LogP contribution in [0, 0.1) is 0 Å². The van der Waals surface area contributed by atoms with Crippen LogP contribution in [0.5, 0.6) is 0 Å². The van der Waals surface area contributed by atoms with E-state index >= 15 is 0 Å². The highest BCUT2D eigenvalue weighted by molar-refractivity contribution is 7.09. The standard InChI is InChI=1S/C12H10ClNO2S/c13-6-10-7-17-11(14-10)5-8-1-3-9(4-2-8)12(15)16/h1-4,7H,5-6H2,(H,15,16). The molecule has 3 nitrogen and oxygen atoms in total. The highest BCUT2D eigenvalue weighted by Gasteiger charge is 2.05. The smallest absolute Gasteiger partial charge is 0.335 e. The van der Waals surface area contributed by atoms with Gasteiger partial charge in [-0.25, -0.2) is 9.78 Å². The van der Waals surface area contributed by atoms with Crippen molar-refractivity contribution < 1.29 is 9.90 Å². The summed E-state index contributed by atoms with van der Waals surface area (Å²) in [6.07, 6.45) is 0.710. The molecule has 88 valence electrons. The van der Waals surface area contributed by atoms with Crippen LogP contribution in [0.25, 0.3) is 0 Å². The van der Waals surface area contributed by atoms with Crippen molar-refractivity contribution in [3.05, 3.63) is 51.5 Å².